The Balaban J connectivity index is 1.25. The molecule has 0 radical (unpaired) electrons. The predicted molar refractivity (Wildman–Crippen MR) is 122 cm³/mol. The number of hydrogen-bond donors (Lipinski definition) is 0. The van der Waals surface area contributed by atoms with Crippen LogP contribution >= 0.6 is 0 Å². The number of imidazole rings is 1. The normalized spacial score (nSPS) is 25.7. The molecule has 0 unspecified atom stereocenters. The second-order valence-electron chi connectivity index (χ2n) is 9.00. The van der Waals surface area contributed by atoms with E-state index >= 15 is 0 Å². The van der Waals surface area contributed by atoms with Crippen LogP contribution in [-0.2, 0) is 32.0 Å². The van der Waals surface area contributed by atoms with Gasteiger partial charge in [0.2, 0.25) is 0 Å². The van der Waals surface area contributed by atoms with Crippen molar-refractivity contribution < 1.29 is 18.9 Å². The van der Waals surface area contributed by atoms with E-state index in [2.05, 4.69) is 25.9 Å². The van der Waals surface area contributed by atoms with Gasteiger partial charge in [-0.15, -0.1) is 5.10 Å². The average Bonchev–Trinajstić information content (AvgIpc) is 3.58. The van der Waals surface area contributed by atoms with Crippen LogP contribution in [0.4, 0.5) is 0 Å². The molecule has 4 aromatic rings. The molecule has 6 rings (SSSR count). The highest BCUT2D eigenvalue weighted by atomic mass is 16.8. The summed E-state index contributed by atoms with van der Waals surface area (Å²) in [5.74, 6) is 0.117. The molecule has 2 aliphatic heterocycles. The lowest BCUT2D eigenvalue weighted by molar-refractivity contribution is -0.228. The molecule has 176 valence electrons. The molecule has 10 heteroatoms. The number of rotatable bonds is 6. The van der Waals surface area contributed by atoms with Crippen LogP contribution in [0, 0.1) is 0 Å². The molecule has 0 aliphatic carbocycles. The molecule has 10 nitrogen and oxygen atoms in total. The number of aromatic nitrogens is 6. The summed E-state index contributed by atoms with van der Waals surface area (Å²) in [6.07, 6.45) is 2.46. The summed E-state index contributed by atoms with van der Waals surface area (Å²) in [4.78, 5) is 9.32. The molecule has 3 aromatic heterocycles. The van der Waals surface area contributed by atoms with Gasteiger partial charge in [0, 0.05) is 13.3 Å². The number of nitrogens with zero attached hydrogens (tertiary/aromatic N) is 6. The molecule has 0 bridgehead atoms. The van der Waals surface area contributed by atoms with Gasteiger partial charge in [-0.05, 0) is 38.1 Å². The van der Waals surface area contributed by atoms with Gasteiger partial charge in [-0.25, -0.2) is 9.67 Å². The summed E-state index contributed by atoms with van der Waals surface area (Å²) >= 11 is 0. The van der Waals surface area contributed by atoms with E-state index in [1.165, 1.54) is 0 Å². The Hall–Kier alpha value is -3.18. The second kappa shape index (κ2) is 8.24. The van der Waals surface area contributed by atoms with Crippen molar-refractivity contribution in [3.63, 3.8) is 0 Å². The van der Waals surface area contributed by atoms with Gasteiger partial charge in [0.15, 0.2) is 17.9 Å². The first-order valence-corrected chi connectivity index (χ1v) is 11.3. The Morgan fingerprint density at radius 1 is 1.06 bits per heavy atom. The van der Waals surface area contributed by atoms with Gasteiger partial charge >= 0.3 is 0 Å². The van der Waals surface area contributed by atoms with Gasteiger partial charge < -0.3 is 23.5 Å². The van der Waals surface area contributed by atoms with Crippen molar-refractivity contribution in [1.82, 2.24) is 29.5 Å². The van der Waals surface area contributed by atoms with Crippen LogP contribution in [0.1, 0.15) is 19.5 Å². The third kappa shape index (κ3) is 3.78. The topological polar surface area (TPSA) is 98.3 Å². The van der Waals surface area contributed by atoms with Crippen molar-refractivity contribution in [1.29, 1.82) is 0 Å². The van der Waals surface area contributed by atoms with Crippen molar-refractivity contribution in [2.45, 2.75) is 57.3 Å². The number of hydrogen-bond acceptors (Lipinski definition) is 8. The molecule has 2 aliphatic rings. The minimum absolute atomic E-state index is 0.235. The van der Waals surface area contributed by atoms with Crippen LogP contribution in [0.25, 0.3) is 22.6 Å². The molecular formula is C24H26N6O4. The second-order valence-corrected chi connectivity index (χ2v) is 9.00. The summed E-state index contributed by atoms with van der Waals surface area (Å²) < 4.78 is 27.5. The first kappa shape index (κ1) is 21.4. The van der Waals surface area contributed by atoms with Crippen molar-refractivity contribution in [2.24, 2.45) is 0 Å². The molecule has 34 heavy (non-hydrogen) atoms. The van der Waals surface area contributed by atoms with Crippen LogP contribution in [0.5, 0.6) is 0 Å². The van der Waals surface area contributed by atoms with Crippen molar-refractivity contribution in [3.05, 3.63) is 60.6 Å². The van der Waals surface area contributed by atoms with E-state index in [0.717, 1.165) is 28.2 Å². The number of para-hydroxylation sites is 2. The zero-order valence-electron chi connectivity index (χ0n) is 19.2. The van der Waals surface area contributed by atoms with Gasteiger partial charge in [0.1, 0.15) is 29.7 Å². The Morgan fingerprint density at radius 3 is 2.71 bits per heavy atom. The number of pyridine rings is 1. The first-order valence-electron chi connectivity index (χ1n) is 11.3. The summed E-state index contributed by atoms with van der Waals surface area (Å²) in [6.45, 7) is 4.79. The van der Waals surface area contributed by atoms with Crippen LogP contribution in [-0.4, -0.2) is 67.0 Å². The standard InChI is InChI=1S/C24H26N6O4/c1-24(2)33-20-19(32-23(31-3)21(20)34-24)14-29-12-15(27-28-29)13-30-18-10-5-4-8-16(18)26-22(30)17-9-6-7-11-25-17/h4-12,19-21,23H,13-14H2,1-3H3/t19-,20-,21-,23-/m1/s1. The van der Waals surface area contributed by atoms with E-state index in [-0.39, 0.29) is 18.3 Å². The Kier molecular flexibility index (Phi) is 5.18. The quantitative estimate of drug-likeness (QED) is 0.431. The van der Waals surface area contributed by atoms with Gasteiger partial charge in [0.05, 0.1) is 30.3 Å². The van der Waals surface area contributed by atoms with Gasteiger partial charge in [0.25, 0.3) is 0 Å². The highest BCUT2D eigenvalue weighted by Gasteiger charge is 2.55. The number of benzene rings is 1. The fraction of sp³-hybridized carbons (Fsp3) is 0.417. The zero-order chi connectivity index (χ0) is 23.3. The number of fused-ring (bicyclic) bond motifs is 2. The van der Waals surface area contributed by atoms with E-state index < -0.39 is 12.1 Å². The van der Waals surface area contributed by atoms with Crippen LogP contribution in [0.2, 0.25) is 0 Å². The number of ether oxygens (including phenoxy) is 4. The Labute approximate surface area is 196 Å². The molecule has 0 N–H and O–H groups in total. The fourth-order valence-corrected chi connectivity index (χ4v) is 4.75. The summed E-state index contributed by atoms with van der Waals surface area (Å²) in [5.41, 5.74) is 3.54. The Morgan fingerprint density at radius 2 is 1.88 bits per heavy atom. The van der Waals surface area contributed by atoms with Crippen LogP contribution in [0.15, 0.2) is 54.9 Å². The van der Waals surface area contributed by atoms with E-state index in [1.807, 2.05) is 56.4 Å². The highest BCUT2D eigenvalue weighted by Crippen LogP contribution is 2.39. The van der Waals surface area contributed by atoms with Gasteiger partial charge in [-0.3, -0.25) is 4.98 Å². The van der Waals surface area contributed by atoms with E-state index in [4.69, 9.17) is 23.9 Å². The highest BCUT2D eigenvalue weighted by molar-refractivity contribution is 5.80. The van der Waals surface area contributed by atoms with E-state index in [1.54, 1.807) is 18.0 Å². The average molecular weight is 463 g/mol. The SMILES string of the molecule is CO[C@@H]1O[C@H](Cn2cc(Cn3c(-c4ccccn4)nc4ccccc43)nn2)[C@H]2OC(C)(C)O[C@@H]12. The predicted octanol–water partition coefficient (Wildman–Crippen LogP) is 2.63. The molecule has 5 heterocycles. The smallest absolute Gasteiger partial charge is 0.186 e. The lowest BCUT2D eigenvalue weighted by Gasteiger charge is -2.23. The van der Waals surface area contributed by atoms with Gasteiger partial charge in [-0.1, -0.05) is 23.4 Å². The largest absolute Gasteiger partial charge is 0.353 e. The summed E-state index contributed by atoms with van der Waals surface area (Å²) in [6, 6.07) is 13.9. The van der Waals surface area contributed by atoms with Crippen molar-refractivity contribution in [2.75, 3.05) is 7.11 Å². The molecule has 2 saturated heterocycles. The third-order valence-corrected chi connectivity index (χ3v) is 6.16. The summed E-state index contributed by atoms with van der Waals surface area (Å²) in [5, 5.41) is 8.76. The summed E-state index contributed by atoms with van der Waals surface area (Å²) in [7, 11) is 1.61. The molecule has 4 atom stereocenters. The minimum Gasteiger partial charge on any atom is -0.353 e. The lowest BCUT2D eigenvalue weighted by Crippen LogP contribution is -2.33. The monoisotopic (exact) mass is 462 g/mol. The minimum atomic E-state index is -0.675. The van der Waals surface area contributed by atoms with Crippen molar-refractivity contribution in [3.8, 4) is 11.5 Å². The molecule has 0 spiro atoms. The number of methoxy groups -OCH3 is 1. The maximum atomic E-state index is 6.09. The molecular weight excluding hydrogens is 436 g/mol. The molecule has 1 aromatic carbocycles. The molecule has 0 saturated carbocycles. The molecule has 2 fully saturated rings. The zero-order valence-corrected chi connectivity index (χ0v) is 19.2. The van der Waals surface area contributed by atoms with Gasteiger partial charge in [-0.2, -0.15) is 0 Å². The van der Waals surface area contributed by atoms with Crippen molar-refractivity contribution >= 4 is 11.0 Å². The maximum Gasteiger partial charge on any atom is 0.186 e. The molecule has 0 amide bonds. The maximum absolute atomic E-state index is 6.09. The lowest BCUT2D eigenvalue weighted by atomic mass is 10.1. The first-order chi connectivity index (χ1) is 16.5. The third-order valence-electron chi connectivity index (χ3n) is 6.16. The van der Waals surface area contributed by atoms with Crippen LogP contribution < -0.4 is 0 Å². The fourth-order valence-electron chi connectivity index (χ4n) is 4.75. The van der Waals surface area contributed by atoms with Crippen LogP contribution in [0.3, 0.4) is 0 Å². The van der Waals surface area contributed by atoms with E-state index in [9.17, 15) is 0 Å². The Bertz CT molecular complexity index is 1300. The van der Waals surface area contributed by atoms with E-state index in [0.29, 0.717) is 13.1 Å².